The number of carbonyl (C=O) groups is 1. The van der Waals surface area contributed by atoms with Crippen LogP contribution in [0.5, 0.6) is 11.8 Å². The molecule has 1 aromatic heterocycles. The van der Waals surface area contributed by atoms with Gasteiger partial charge in [-0.3, -0.25) is 4.79 Å². The zero-order valence-electron chi connectivity index (χ0n) is 15.7. The molecule has 1 aliphatic rings. The van der Waals surface area contributed by atoms with Crippen LogP contribution in [0.25, 0.3) is 22.8 Å². The molecule has 0 spiro atoms. The Hall–Kier alpha value is -3.19. The molecule has 1 heterocycles. The smallest absolute Gasteiger partial charge is 0.318 e. The fourth-order valence-electron chi connectivity index (χ4n) is 2.80. The minimum Gasteiger partial charge on any atom is -0.493 e. The summed E-state index contributed by atoms with van der Waals surface area (Å²) in [5.74, 6) is 1.66. The number of hydrogen-bond acceptors (Lipinski definition) is 6. The van der Waals surface area contributed by atoms with E-state index in [1.54, 1.807) is 25.2 Å². The molecular formula is C21H19ClN4O3. The van der Waals surface area contributed by atoms with Gasteiger partial charge in [0.25, 0.3) is 5.91 Å². The summed E-state index contributed by atoms with van der Waals surface area (Å²) in [6.07, 6.45) is 2.46. The number of nitrogens with zero attached hydrogens (tertiary/aromatic N) is 3. The van der Waals surface area contributed by atoms with E-state index in [1.165, 1.54) is 12.8 Å². The molecule has 1 fully saturated rings. The monoisotopic (exact) mass is 410 g/mol. The molecule has 2 N–H and O–H groups in total. The number of aromatic hydroxyl groups is 1. The Morgan fingerprint density at radius 2 is 1.86 bits per heavy atom. The predicted octanol–water partition coefficient (Wildman–Crippen LogP) is 3.71. The largest absolute Gasteiger partial charge is 0.493 e. The van der Waals surface area contributed by atoms with Crippen LogP contribution in [0, 0.1) is 5.92 Å². The van der Waals surface area contributed by atoms with Crippen molar-refractivity contribution in [3.63, 3.8) is 0 Å². The second-order valence-corrected chi connectivity index (χ2v) is 7.24. The summed E-state index contributed by atoms with van der Waals surface area (Å²) in [4.78, 5) is 24.4. The first-order valence-corrected chi connectivity index (χ1v) is 9.61. The van der Waals surface area contributed by atoms with E-state index in [1.807, 2.05) is 24.3 Å². The Kier molecular flexibility index (Phi) is 5.31. The minimum absolute atomic E-state index is 0.178. The number of amides is 1. The molecule has 0 saturated heterocycles. The average molecular weight is 411 g/mol. The van der Waals surface area contributed by atoms with Crippen LogP contribution < -0.4 is 10.1 Å². The van der Waals surface area contributed by atoms with Gasteiger partial charge >= 0.3 is 6.01 Å². The fourth-order valence-corrected chi connectivity index (χ4v) is 3.00. The van der Waals surface area contributed by atoms with Gasteiger partial charge in [0, 0.05) is 23.7 Å². The zero-order chi connectivity index (χ0) is 20.4. The lowest BCUT2D eigenvalue weighted by atomic mass is 10.1. The maximum Gasteiger partial charge on any atom is 0.318 e. The quantitative estimate of drug-likeness (QED) is 0.642. The first-order chi connectivity index (χ1) is 14.0. The summed E-state index contributed by atoms with van der Waals surface area (Å²) in [6.45, 7) is 0.732. The highest BCUT2D eigenvalue weighted by Gasteiger charge is 2.22. The Bertz CT molecular complexity index is 1050. The van der Waals surface area contributed by atoms with Crippen molar-refractivity contribution in [1.82, 2.24) is 20.3 Å². The number of ether oxygens (including phenoxy) is 1. The molecule has 0 bridgehead atoms. The molecule has 0 radical (unpaired) electrons. The van der Waals surface area contributed by atoms with Gasteiger partial charge < -0.3 is 15.2 Å². The van der Waals surface area contributed by atoms with Gasteiger partial charge in [-0.2, -0.15) is 9.97 Å². The number of nitrogens with one attached hydrogen (secondary N) is 1. The van der Waals surface area contributed by atoms with Crippen molar-refractivity contribution in [3.05, 3.63) is 53.1 Å². The second-order valence-electron chi connectivity index (χ2n) is 6.84. The maximum absolute atomic E-state index is 11.9. The molecule has 29 heavy (non-hydrogen) atoms. The third-order valence-electron chi connectivity index (χ3n) is 4.62. The van der Waals surface area contributed by atoms with Gasteiger partial charge in [0.15, 0.2) is 11.6 Å². The molecule has 3 aromatic rings. The average Bonchev–Trinajstić information content (AvgIpc) is 3.56. The topological polar surface area (TPSA) is 97.2 Å². The molecule has 0 atom stereocenters. The second kappa shape index (κ2) is 8.05. The van der Waals surface area contributed by atoms with Crippen molar-refractivity contribution in [1.29, 1.82) is 0 Å². The van der Waals surface area contributed by atoms with Gasteiger partial charge in [-0.25, -0.2) is 4.98 Å². The van der Waals surface area contributed by atoms with Gasteiger partial charge in [0.05, 0.1) is 11.6 Å². The van der Waals surface area contributed by atoms with E-state index in [0.29, 0.717) is 33.5 Å². The van der Waals surface area contributed by atoms with E-state index in [0.717, 1.165) is 12.4 Å². The molecule has 1 saturated carbocycles. The number of aromatic nitrogens is 3. The van der Waals surface area contributed by atoms with E-state index in [4.69, 9.17) is 16.3 Å². The van der Waals surface area contributed by atoms with Crippen molar-refractivity contribution in [2.45, 2.75) is 12.8 Å². The maximum atomic E-state index is 11.9. The Labute approximate surface area is 172 Å². The molecule has 8 heteroatoms. The third-order valence-corrected chi connectivity index (χ3v) is 4.94. The lowest BCUT2D eigenvalue weighted by molar-refractivity contribution is 0.0963. The van der Waals surface area contributed by atoms with E-state index in [9.17, 15) is 9.90 Å². The summed E-state index contributed by atoms with van der Waals surface area (Å²) in [5.41, 5.74) is 1.53. The molecular weight excluding hydrogens is 392 g/mol. The van der Waals surface area contributed by atoms with Crippen LogP contribution in [-0.4, -0.2) is 39.6 Å². The molecule has 4 rings (SSSR count). The highest BCUT2D eigenvalue weighted by atomic mass is 35.5. The molecule has 7 nitrogen and oxygen atoms in total. The van der Waals surface area contributed by atoms with Crippen molar-refractivity contribution >= 4 is 17.5 Å². The van der Waals surface area contributed by atoms with Gasteiger partial charge in [0.2, 0.25) is 0 Å². The number of halogens is 1. The van der Waals surface area contributed by atoms with Crippen LogP contribution in [0.4, 0.5) is 0 Å². The number of benzene rings is 2. The van der Waals surface area contributed by atoms with E-state index in [2.05, 4.69) is 20.3 Å². The van der Waals surface area contributed by atoms with Gasteiger partial charge in [-0.05, 0) is 61.2 Å². The highest BCUT2D eigenvalue weighted by Crippen LogP contribution is 2.31. The lowest BCUT2D eigenvalue weighted by Crippen LogP contribution is -2.17. The summed E-state index contributed by atoms with van der Waals surface area (Å²) in [6, 6.07) is 11.7. The highest BCUT2D eigenvalue weighted by molar-refractivity contribution is 6.33. The van der Waals surface area contributed by atoms with Crippen LogP contribution in [-0.2, 0) is 0 Å². The lowest BCUT2D eigenvalue weighted by Gasteiger charge is -2.09. The molecule has 1 aliphatic carbocycles. The summed E-state index contributed by atoms with van der Waals surface area (Å²) in [7, 11) is 1.54. The third kappa shape index (κ3) is 4.46. The van der Waals surface area contributed by atoms with Gasteiger partial charge in [0.1, 0.15) is 5.75 Å². The van der Waals surface area contributed by atoms with Crippen LogP contribution in [0.15, 0.2) is 42.5 Å². The van der Waals surface area contributed by atoms with Gasteiger partial charge in [-0.1, -0.05) is 11.6 Å². The van der Waals surface area contributed by atoms with E-state index >= 15 is 0 Å². The summed E-state index contributed by atoms with van der Waals surface area (Å²) in [5, 5.41) is 12.9. The zero-order valence-corrected chi connectivity index (χ0v) is 16.5. The van der Waals surface area contributed by atoms with Crippen molar-refractivity contribution in [3.8, 4) is 34.5 Å². The molecule has 2 aromatic carbocycles. The summed E-state index contributed by atoms with van der Waals surface area (Å²) >= 11 is 6.29. The van der Waals surface area contributed by atoms with Crippen LogP contribution in [0.2, 0.25) is 5.02 Å². The predicted molar refractivity (Wildman–Crippen MR) is 109 cm³/mol. The van der Waals surface area contributed by atoms with Crippen LogP contribution in [0.3, 0.4) is 0 Å². The Morgan fingerprint density at radius 3 is 2.55 bits per heavy atom. The molecule has 148 valence electrons. The first-order valence-electron chi connectivity index (χ1n) is 9.24. The van der Waals surface area contributed by atoms with Crippen molar-refractivity contribution in [2.24, 2.45) is 5.92 Å². The number of hydrogen-bond donors (Lipinski definition) is 2. The number of carbonyl (C=O) groups excluding carboxylic acids is 1. The van der Waals surface area contributed by atoms with Crippen molar-refractivity contribution in [2.75, 3.05) is 13.7 Å². The minimum atomic E-state index is -0.430. The van der Waals surface area contributed by atoms with E-state index < -0.39 is 6.01 Å². The molecule has 0 unspecified atom stereocenters. The molecule has 1 amide bonds. The molecule has 0 aliphatic heterocycles. The van der Waals surface area contributed by atoms with Crippen molar-refractivity contribution < 1.29 is 14.6 Å². The SMILES string of the molecule is CNC(=O)c1ccc(Cl)c(-c2nc(O)nc(-c3ccc(OCC4CC4)cc3)n2)c1. The van der Waals surface area contributed by atoms with Gasteiger partial charge in [-0.15, -0.1) is 0 Å². The van der Waals surface area contributed by atoms with Crippen LogP contribution >= 0.6 is 11.6 Å². The van der Waals surface area contributed by atoms with Crippen LogP contribution in [0.1, 0.15) is 23.2 Å². The number of rotatable bonds is 6. The summed E-state index contributed by atoms with van der Waals surface area (Å²) < 4.78 is 5.74. The first kappa shape index (κ1) is 19.1. The Balaban J connectivity index is 1.65. The Morgan fingerprint density at radius 1 is 1.14 bits per heavy atom. The fraction of sp³-hybridized carbons (Fsp3) is 0.238. The normalized spacial score (nSPS) is 13.2. The van der Waals surface area contributed by atoms with E-state index in [-0.39, 0.29) is 11.7 Å². The standard InChI is InChI=1S/C21H19ClN4O3/c1-23-20(27)14-6-9-17(22)16(10-14)19-24-18(25-21(28)26-19)13-4-7-15(8-5-13)29-11-12-2-3-12/h4-10,12H,2-3,11H2,1H3,(H,23,27)(H,24,25,26,28).